The van der Waals surface area contributed by atoms with Crippen molar-refractivity contribution in [1.82, 2.24) is 9.55 Å². The van der Waals surface area contributed by atoms with E-state index in [1.807, 2.05) is 0 Å². The van der Waals surface area contributed by atoms with Crippen LogP contribution in [0, 0.1) is 13.8 Å². The number of carbonyl (C=O) groups is 1. The largest absolute Gasteiger partial charge is 0.321 e. The lowest BCUT2D eigenvalue weighted by atomic mass is 10.1. The second-order valence-corrected chi connectivity index (χ2v) is 11.2. The van der Waals surface area contributed by atoms with Gasteiger partial charge in [0, 0.05) is 18.7 Å². The molecule has 0 atom stereocenters. The van der Waals surface area contributed by atoms with Gasteiger partial charge in [0.15, 0.2) is 0 Å². The number of sulfonamides is 1. The Labute approximate surface area is 197 Å². The summed E-state index contributed by atoms with van der Waals surface area (Å²) >= 11 is 1.22. The van der Waals surface area contributed by atoms with Crippen LogP contribution >= 0.6 is 11.3 Å². The maximum atomic E-state index is 13.2. The first kappa shape index (κ1) is 23.4. The molecule has 0 unspecified atom stereocenters. The van der Waals surface area contributed by atoms with E-state index in [2.05, 4.69) is 10.0 Å². The van der Waals surface area contributed by atoms with Crippen molar-refractivity contribution in [2.45, 2.75) is 59.4 Å². The number of aromatic nitrogens is 2. The van der Waals surface area contributed by atoms with Gasteiger partial charge < -0.3 is 5.32 Å². The molecule has 0 spiro atoms. The lowest BCUT2D eigenvalue weighted by Gasteiger charge is -2.14. The van der Waals surface area contributed by atoms with Crippen molar-refractivity contribution in [2.75, 3.05) is 15.8 Å². The highest BCUT2D eigenvalue weighted by Crippen LogP contribution is 2.30. The monoisotopic (exact) mass is 488 g/mol. The highest BCUT2D eigenvalue weighted by Gasteiger charge is 2.23. The minimum absolute atomic E-state index is 0.0243. The third kappa shape index (κ3) is 4.67. The number of carbonyl (C=O) groups excluding carboxylic acids is 1. The van der Waals surface area contributed by atoms with E-state index in [-0.39, 0.29) is 17.2 Å². The minimum atomic E-state index is -3.45. The number of thiophene rings is 1. The molecule has 33 heavy (non-hydrogen) atoms. The minimum Gasteiger partial charge on any atom is -0.321 e. The summed E-state index contributed by atoms with van der Waals surface area (Å²) in [6, 6.07) is 5.08. The molecule has 1 aliphatic rings. The Bertz CT molecular complexity index is 1390. The van der Waals surface area contributed by atoms with Gasteiger partial charge in [0.2, 0.25) is 10.0 Å². The molecule has 3 heterocycles. The van der Waals surface area contributed by atoms with Crippen molar-refractivity contribution in [1.29, 1.82) is 0 Å². The van der Waals surface area contributed by atoms with Gasteiger partial charge in [-0.25, -0.2) is 13.4 Å². The summed E-state index contributed by atoms with van der Waals surface area (Å²) in [5.74, 6) is 0.476. The second kappa shape index (κ2) is 9.26. The number of hydrogen-bond acceptors (Lipinski definition) is 6. The lowest BCUT2D eigenvalue weighted by Crippen LogP contribution is -2.24. The average Bonchev–Trinajstić information content (AvgIpc) is 2.92. The van der Waals surface area contributed by atoms with E-state index in [0.29, 0.717) is 50.6 Å². The molecule has 1 aliphatic heterocycles. The quantitative estimate of drug-likeness (QED) is 0.540. The normalized spacial score (nSPS) is 14.0. The molecule has 8 nitrogen and oxygen atoms in total. The van der Waals surface area contributed by atoms with Crippen molar-refractivity contribution < 1.29 is 13.2 Å². The van der Waals surface area contributed by atoms with Gasteiger partial charge in [-0.2, -0.15) is 0 Å². The highest BCUT2D eigenvalue weighted by atomic mass is 32.2. The summed E-state index contributed by atoms with van der Waals surface area (Å²) in [4.78, 5) is 32.1. The number of nitrogens with zero attached hydrogens (tertiary/aromatic N) is 2. The van der Waals surface area contributed by atoms with Gasteiger partial charge in [-0.05, 0) is 56.4 Å². The summed E-state index contributed by atoms with van der Waals surface area (Å²) in [5, 5.41) is 3.39. The number of aryl methyl sites for hydroxylation is 2. The highest BCUT2D eigenvalue weighted by molar-refractivity contribution is 7.92. The number of hydrogen-bond donors (Lipinski definition) is 2. The number of amides is 1. The Hall–Kier alpha value is -2.72. The van der Waals surface area contributed by atoms with E-state index in [1.54, 1.807) is 43.5 Å². The van der Waals surface area contributed by atoms with Gasteiger partial charge in [0.05, 0.1) is 21.7 Å². The molecular formula is C23H28N4O4S2. The van der Waals surface area contributed by atoms with Crippen molar-refractivity contribution in [3.05, 3.63) is 50.4 Å². The van der Waals surface area contributed by atoms with Crippen LogP contribution in [0.15, 0.2) is 23.0 Å². The summed E-state index contributed by atoms with van der Waals surface area (Å²) in [7, 11) is -3.45. The summed E-state index contributed by atoms with van der Waals surface area (Å²) in [6.45, 7) is 5.99. The van der Waals surface area contributed by atoms with E-state index in [0.717, 1.165) is 31.5 Å². The molecule has 1 aromatic carbocycles. The zero-order chi connectivity index (χ0) is 23.8. The standard InChI is InChI=1S/C23H28N4O4S2/c1-4-13-33(30,31)26-17-10-8-9-16(14(17)2)24-21(28)20-15(3)19-22(32-20)25-18-11-6-5-7-12-27(18)23(19)29/h8-10,26H,4-7,11-13H2,1-3H3,(H,24,28). The van der Waals surface area contributed by atoms with E-state index < -0.39 is 10.0 Å². The molecule has 0 radical (unpaired) electrons. The summed E-state index contributed by atoms with van der Waals surface area (Å²) in [5.41, 5.74) is 2.11. The van der Waals surface area contributed by atoms with Gasteiger partial charge in [-0.1, -0.05) is 19.4 Å². The molecule has 2 aromatic heterocycles. The first-order valence-corrected chi connectivity index (χ1v) is 13.6. The Morgan fingerprint density at radius 2 is 1.91 bits per heavy atom. The predicted molar refractivity (Wildman–Crippen MR) is 133 cm³/mol. The smallest absolute Gasteiger partial charge is 0.266 e. The van der Waals surface area contributed by atoms with Crippen LogP contribution in [0.3, 0.4) is 0 Å². The van der Waals surface area contributed by atoms with Crippen LogP contribution in [0.4, 0.5) is 11.4 Å². The zero-order valence-corrected chi connectivity index (χ0v) is 20.7. The lowest BCUT2D eigenvalue weighted by molar-refractivity contribution is 0.103. The van der Waals surface area contributed by atoms with Gasteiger partial charge in [0.25, 0.3) is 11.5 Å². The van der Waals surface area contributed by atoms with E-state index in [4.69, 9.17) is 4.98 Å². The maximum Gasteiger partial charge on any atom is 0.266 e. The van der Waals surface area contributed by atoms with E-state index in [9.17, 15) is 18.0 Å². The third-order valence-corrected chi connectivity index (χ3v) is 8.60. The van der Waals surface area contributed by atoms with Crippen molar-refractivity contribution in [2.24, 2.45) is 0 Å². The van der Waals surface area contributed by atoms with Crippen molar-refractivity contribution >= 4 is 48.9 Å². The Kier molecular flexibility index (Phi) is 6.58. The van der Waals surface area contributed by atoms with Crippen LogP contribution in [0.1, 0.15) is 59.2 Å². The molecule has 0 bridgehead atoms. The van der Waals surface area contributed by atoms with Gasteiger partial charge in [-0.15, -0.1) is 11.3 Å². The number of fused-ring (bicyclic) bond motifs is 2. The van der Waals surface area contributed by atoms with Crippen LogP contribution in [0.2, 0.25) is 0 Å². The average molecular weight is 489 g/mol. The Balaban J connectivity index is 1.66. The van der Waals surface area contributed by atoms with E-state index in [1.165, 1.54) is 11.3 Å². The molecule has 3 aromatic rings. The van der Waals surface area contributed by atoms with Gasteiger partial charge in [-0.3, -0.25) is 18.9 Å². The van der Waals surface area contributed by atoms with Crippen LogP contribution in [0.5, 0.6) is 0 Å². The zero-order valence-electron chi connectivity index (χ0n) is 19.0. The molecule has 1 amide bonds. The topological polar surface area (TPSA) is 110 Å². The van der Waals surface area contributed by atoms with Crippen molar-refractivity contribution in [3.63, 3.8) is 0 Å². The molecule has 4 rings (SSSR count). The Morgan fingerprint density at radius 3 is 2.67 bits per heavy atom. The van der Waals surface area contributed by atoms with E-state index >= 15 is 0 Å². The molecule has 2 N–H and O–H groups in total. The predicted octanol–water partition coefficient (Wildman–Crippen LogP) is 4.21. The first-order chi connectivity index (χ1) is 15.7. The number of nitrogens with one attached hydrogen (secondary N) is 2. The SMILES string of the molecule is CCCS(=O)(=O)Nc1cccc(NC(=O)c2sc3nc4n(c(=O)c3c2C)CCCCC4)c1C. The summed E-state index contributed by atoms with van der Waals surface area (Å²) < 4.78 is 28.7. The molecule has 10 heteroatoms. The van der Waals surface area contributed by atoms with Crippen LogP contribution in [-0.2, 0) is 23.0 Å². The van der Waals surface area contributed by atoms with Gasteiger partial charge in [0.1, 0.15) is 10.7 Å². The van der Waals surface area contributed by atoms with Crippen LogP contribution in [-0.4, -0.2) is 29.6 Å². The fourth-order valence-electron chi connectivity index (χ4n) is 4.17. The molecule has 0 fully saturated rings. The summed E-state index contributed by atoms with van der Waals surface area (Å²) in [6.07, 6.45) is 4.31. The Morgan fingerprint density at radius 1 is 1.15 bits per heavy atom. The van der Waals surface area contributed by atoms with Crippen LogP contribution in [0.25, 0.3) is 10.2 Å². The maximum absolute atomic E-state index is 13.2. The number of benzene rings is 1. The number of rotatable bonds is 6. The molecule has 0 saturated heterocycles. The second-order valence-electron chi connectivity index (χ2n) is 8.39. The fraction of sp³-hybridized carbons (Fsp3) is 0.435. The molecule has 176 valence electrons. The molecular weight excluding hydrogens is 460 g/mol. The van der Waals surface area contributed by atoms with Crippen LogP contribution < -0.4 is 15.6 Å². The fourth-order valence-corrected chi connectivity index (χ4v) is 6.46. The van der Waals surface area contributed by atoms with Gasteiger partial charge >= 0.3 is 0 Å². The first-order valence-electron chi connectivity index (χ1n) is 11.2. The third-order valence-electron chi connectivity index (χ3n) is 5.94. The van der Waals surface area contributed by atoms with Crippen molar-refractivity contribution in [3.8, 4) is 0 Å². The molecule has 0 saturated carbocycles. The molecule has 0 aliphatic carbocycles. The number of anilines is 2.